The predicted molar refractivity (Wildman–Crippen MR) is 405 cm³/mol. The Hall–Kier alpha value is -12.1. The van der Waals surface area contributed by atoms with Crippen molar-refractivity contribution in [2.24, 2.45) is 0 Å². The van der Waals surface area contributed by atoms with Gasteiger partial charge in [-0.15, -0.1) is 0 Å². The van der Waals surface area contributed by atoms with E-state index in [4.69, 9.17) is 0 Å². The van der Waals surface area contributed by atoms with Gasteiger partial charge in [0, 0.05) is 39.9 Å². The van der Waals surface area contributed by atoms with Crippen LogP contribution < -0.4 is 15.3 Å². The van der Waals surface area contributed by atoms with E-state index >= 15 is 0 Å². The molecule has 8 nitrogen and oxygen atoms in total. The van der Waals surface area contributed by atoms with Gasteiger partial charge in [-0.05, 0) is 114 Å². The van der Waals surface area contributed by atoms with Crippen molar-refractivity contribution in [2.45, 2.75) is 0 Å². The van der Waals surface area contributed by atoms with Crippen LogP contribution in [0.2, 0.25) is 0 Å². The zero-order valence-electron chi connectivity index (χ0n) is 55.2. The van der Waals surface area contributed by atoms with E-state index in [9.17, 15) is 29.7 Å². The first-order valence-electron chi connectivity index (χ1n) is 32.9. The predicted octanol–water partition coefficient (Wildman–Crippen LogP) is 19.6. The Morgan fingerprint density at radius 3 is 0.578 bits per heavy atom. The van der Waals surface area contributed by atoms with E-state index < -0.39 is 0 Å². The number of aromatic nitrogens is 2. The van der Waals surface area contributed by atoms with Crippen LogP contribution in [0.15, 0.2) is 395 Å². The van der Waals surface area contributed by atoms with Gasteiger partial charge in [-0.1, -0.05) is 369 Å². The number of carbonyl (C=O) groups is 3. The topological polar surface area (TPSA) is 146 Å². The molecule has 0 atom stereocenters. The second-order valence-electron chi connectivity index (χ2n) is 23.5. The molecule has 0 saturated heterocycles. The smallest absolute Gasteiger partial charge is 0.872 e. The quantitative estimate of drug-likeness (QED) is 0.0427. The molecule has 15 aromatic rings. The monoisotopic (exact) mass is 1460 g/mol. The maximum atomic E-state index is 12.5. The molecule has 0 aliphatic carbocycles. The fraction of sp³-hybridized carbons (Fsp3) is 0. The van der Waals surface area contributed by atoms with Crippen molar-refractivity contribution in [1.82, 2.24) is 9.97 Å². The molecule has 0 radical (unpaired) electrons. The van der Waals surface area contributed by atoms with Crippen LogP contribution in [0.25, 0.3) is 106 Å². The summed E-state index contributed by atoms with van der Waals surface area (Å²) in [5, 5.41) is 39.7. The summed E-state index contributed by atoms with van der Waals surface area (Å²) < 4.78 is 0. The summed E-state index contributed by atoms with van der Waals surface area (Å²) in [5.41, 5.74) is 17.7. The van der Waals surface area contributed by atoms with Crippen LogP contribution in [0, 0.1) is 49.4 Å². The number of nitrogens with zero attached hydrogens (tertiary/aromatic N) is 2. The Kier molecular flexibility index (Phi) is 24.8. The van der Waals surface area contributed by atoms with Crippen molar-refractivity contribution in [3.8, 4) is 66.8 Å². The summed E-state index contributed by atoms with van der Waals surface area (Å²) in [5.74, 6) is -1.74. The number of benzene rings is 13. The molecule has 0 fully saturated rings. The van der Waals surface area contributed by atoms with Gasteiger partial charge >= 0.3 is 49.4 Å². The molecule has 13 aromatic carbocycles. The van der Waals surface area contributed by atoms with Crippen LogP contribution in [0.1, 0.15) is 47.8 Å². The first-order valence-corrected chi connectivity index (χ1v) is 32.9. The number of ketones is 3. The summed E-state index contributed by atoms with van der Waals surface area (Å²) in [4.78, 5) is 46.2. The van der Waals surface area contributed by atoms with Gasteiger partial charge in [-0.3, -0.25) is 24.4 Å². The molecule has 0 aliphatic heterocycles. The second-order valence-corrected chi connectivity index (χ2v) is 23.5. The Labute approximate surface area is 634 Å². The van der Waals surface area contributed by atoms with Crippen LogP contribution >= 0.6 is 0 Å². The summed E-state index contributed by atoms with van der Waals surface area (Å²) in [6, 6.07) is 116. The third-order valence-electron chi connectivity index (χ3n) is 16.8. The van der Waals surface area contributed by atoms with E-state index in [0.717, 1.165) is 107 Å². The fourth-order valence-electron chi connectivity index (χ4n) is 11.3. The van der Waals surface area contributed by atoms with Gasteiger partial charge in [0.05, 0.1) is 11.0 Å². The van der Waals surface area contributed by atoms with E-state index in [-0.39, 0.29) is 84.0 Å². The minimum Gasteiger partial charge on any atom is -0.872 e. The largest absolute Gasteiger partial charge is 3.00 e. The third kappa shape index (κ3) is 19.0. The zero-order valence-corrected chi connectivity index (χ0v) is 57.7. The Balaban J connectivity index is 0.000000140. The van der Waals surface area contributed by atoms with Gasteiger partial charge in [0.25, 0.3) is 0 Å². The first kappa shape index (κ1) is 71.2. The number of hydrogen-bond acceptors (Lipinski definition) is 8. The van der Waals surface area contributed by atoms with Crippen molar-refractivity contribution in [3.05, 3.63) is 428 Å². The summed E-state index contributed by atoms with van der Waals surface area (Å²) in [7, 11) is 0. The van der Waals surface area contributed by atoms with Gasteiger partial charge in [0.2, 0.25) is 0 Å². The molecule has 9 heteroatoms. The van der Waals surface area contributed by atoms with Gasteiger partial charge in [0.1, 0.15) is 0 Å². The summed E-state index contributed by atoms with van der Waals surface area (Å²) in [6.07, 6.45) is 7.09. The SMILES string of the molecule is O=C(/C=C(\[O-])c1ccc(-c2ccccc2)cc1)c1ccc(-c2ccccc2)cc1.O=C(/C=C(\[O-])c1ccc(-c2ccccc2)cc1)c1ccc(-c2ccccc2)cc1.O=C(/C=C(\[O-])c1ccc(-c2ccccc2)cc1)c1ccc(-c2ccccc2)cc1.[Eu+3].c1cnc2c(c1)ccc1cccnc12. The molecular weight excluding hydrogens is 1390 g/mol. The van der Waals surface area contributed by atoms with E-state index in [1.165, 1.54) is 0 Å². The second kappa shape index (κ2) is 35.6. The molecule has 2 heterocycles. The maximum Gasteiger partial charge on any atom is 3.00 e. The summed E-state index contributed by atoms with van der Waals surface area (Å²) in [6.45, 7) is 0. The van der Waals surface area contributed by atoms with Gasteiger partial charge < -0.3 is 15.3 Å². The van der Waals surface area contributed by atoms with Crippen molar-refractivity contribution in [2.75, 3.05) is 0 Å². The first-order chi connectivity index (χ1) is 49.6. The van der Waals surface area contributed by atoms with E-state index in [2.05, 4.69) is 34.2 Å². The minimum absolute atomic E-state index is 0. The Morgan fingerprint density at radius 2 is 0.382 bits per heavy atom. The number of allylic oxidation sites excluding steroid dienone is 3. The molecule has 490 valence electrons. The maximum absolute atomic E-state index is 12.5. The molecule has 0 amide bonds. The minimum atomic E-state index is -0.290. The number of rotatable bonds is 15. The number of fused-ring (bicyclic) bond motifs is 3. The molecule has 0 bridgehead atoms. The van der Waals surface area contributed by atoms with Crippen LogP contribution in [-0.4, -0.2) is 27.3 Å². The van der Waals surface area contributed by atoms with Gasteiger partial charge in [-0.25, -0.2) is 0 Å². The van der Waals surface area contributed by atoms with Crippen LogP contribution in [-0.2, 0) is 0 Å². The van der Waals surface area contributed by atoms with Gasteiger partial charge in [-0.2, -0.15) is 0 Å². The molecule has 102 heavy (non-hydrogen) atoms. The summed E-state index contributed by atoms with van der Waals surface area (Å²) >= 11 is 0. The molecule has 0 saturated carbocycles. The Bertz CT molecular complexity index is 4830. The van der Waals surface area contributed by atoms with Crippen molar-refractivity contribution in [3.63, 3.8) is 0 Å². The van der Waals surface area contributed by atoms with Crippen molar-refractivity contribution in [1.29, 1.82) is 0 Å². The molecule has 0 unspecified atom stereocenters. The Morgan fingerprint density at radius 1 is 0.206 bits per heavy atom. The molecule has 2 aromatic heterocycles. The average molecular weight is 1460 g/mol. The molecular formula is C93H65EuN2O6. The molecule has 0 aliphatic rings. The number of pyridine rings is 2. The van der Waals surface area contributed by atoms with E-state index in [1.807, 2.05) is 267 Å². The van der Waals surface area contributed by atoms with E-state index in [0.29, 0.717) is 33.4 Å². The molecule has 0 N–H and O–H groups in total. The zero-order chi connectivity index (χ0) is 69.5. The molecule has 0 spiro atoms. The third-order valence-corrected chi connectivity index (χ3v) is 16.8. The number of carbonyl (C=O) groups excluding carboxylic acids is 3. The molecule has 15 rings (SSSR count). The fourth-order valence-corrected chi connectivity index (χ4v) is 11.3. The standard InChI is InChI=1S/3C27H20O2.C12H8N2.Eu/c3*28-26(24-15-11-22(12-16-24)20-7-3-1-4-8-20)19-27(29)25-17-13-23(14-18-25)21-9-5-2-6-10-21;1-3-9-5-6-10-4-2-8-14-12(10)11(9)13-7-1;/h3*1-19,28H;1-8H;/q;;;;+3/p-3/b3*26-19-;;. The van der Waals surface area contributed by atoms with Crippen LogP contribution in [0.5, 0.6) is 0 Å². The van der Waals surface area contributed by atoms with Crippen LogP contribution in [0.4, 0.5) is 0 Å². The van der Waals surface area contributed by atoms with Crippen LogP contribution in [0.3, 0.4) is 0 Å². The average Bonchev–Trinajstić information content (AvgIpc) is 0.798. The number of hydrogen-bond donors (Lipinski definition) is 0. The van der Waals surface area contributed by atoms with E-state index in [1.54, 1.807) is 85.2 Å². The normalized spacial score (nSPS) is 11.1. The van der Waals surface area contributed by atoms with Crippen molar-refractivity contribution < 1.29 is 79.1 Å². The van der Waals surface area contributed by atoms with Gasteiger partial charge in [0.15, 0.2) is 17.3 Å². The van der Waals surface area contributed by atoms with Crippen molar-refractivity contribution >= 4 is 56.4 Å².